The molecule has 1 atom stereocenters. The van der Waals surface area contributed by atoms with Crippen LogP contribution in [0.5, 0.6) is 0 Å². The molecule has 1 unspecified atom stereocenters. The Kier molecular flexibility index (Phi) is 3.85. The van der Waals surface area contributed by atoms with Gasteiger partial charge in [0.2, 0.25) is 15.9 Å². The van der Waals surface area contributed by atoms with Crippen LogP contribution in [0.2, 0.25) is 0 Å². The smallest absolute Gasteiger partial charge is 0.345 e. The Balaban J connectivity index is 2.45. The number of aryl methyl sites for hydroxylation is 1. The van der Waals surface area contributed by atoms with Crippen LogP contribution in [-0.4, -0.2) is 42.3 Å². The fourth-order valence-electron chi connectivity index (χ4n) is 2.27. The van der Waals surface area contributed by atoms with E-state index in [-0.39, 0.29) is 16.3 Å². The van der Waals surface area contributed by atoms with Crippen molar-refractivity contribution in [3.8, 4) is 0 Å². The lowest BCUT2D eigenvalue weighted by atomic mass is 10.2. The summed E-state index contributed by atoms with van der Waals surface area (Å²) in [5.41, 5.74) is 5.22. The van der Waals surface area contributed by atoms with Gasteiger partial charge >= 0.3 is 5.97 Å². The van der Waals surface area contributed by atoms with Gasteiger partial charge in [-0.15, -0.1) is 11.3 Å². The number of aromatic carboxylic acids is 1. The number of primary amides is 1. The predicted octanol–water partition coefficient (Wildman–Crippen LogP) is 0.393. The van der Waals surface area contributed by atoms with Gasteiger partial charge in [-0.25, -0.2) is 13.2 Å². The number of thiophene rings is 1. The topological polar surface area (TPSA) is 118 Å². The molecule has 1 amide bonds. The molecule has 110 valence electrons. The zero-order valence-corrected chi connectivity index (χ0v) is 12.3. The summed E-state index contributed by atoms with van der Waals surface area (Å²) in [6.45, 7) is 1.76. The molecule has 1 aromatic rings. The molecule has 1 fully saturated rings. The molecule has 1 saturated heterocycles. The third-order valence-corrected chi connectivity index (χ3v) is 6.40. The van der Waals surface area contributed by atoms with Crippen LogP contribution in [-0.2, 0) is 14.8 Å². The average Bonchev–Trinajstić information content (AvgIpc) is 2.94. The van der Waals surface area contributed by atoms with Gasteiger partial charge in [-0.05, 0) is 25.8 Å². The highest BCUT2D eigenvalue weighted by atomic mass is 32.2. The number of rotatable bonds is 4. The van der Waals surface area contributed by atoms with E-state index in [1.165, 1.54) is 0 Å². The Labute approximate surface area is 120 Å². The van der Waals surface area contributed by atoms with Crippen LogP contribution in [0.4, 0.5) is 0 Å². The Morgan fingerprint density at radius 2 is 2.15 bits per heavy atom. The summed E-state index contributed by atoms with van der Waals surface area (Å²) in [4.78, 5) is 22.5. The van der Waals surface area contributed by atoms with E-state index in [4.69, 9.17) is 10.8 Å². The molecule has 0 aliphatic carbocycles. The van der Waals surface area contributed by atoms with Crippen LogP contribution < -0.4 is 5.73 Å². The van der Waals surface area contributed by atoms with Gasteiger partial charge in [-0.1, -0.05) is 0 Å². The Hall–Kier alpha value is -1.45. The number of hydrogen-bond donors (Lipinski definition) is 2. The van der Waals surface area contributed by atoms with E-state index in [0.717, 1.165) is 21.7 Å². The van der Waals surface area contributed by atoms with Gasteiger partial charge in [-0.2, -0.15) is 4.31 Å². The number of hydrogen-bond acceptors (Lipinski definition) is 5. The quantitative estimate of drug-likeness (QED) is 0.832. The fourth-order valence-corrected chi connectivity index (χ4v) is 5.33. The minimum Gasteiger partial charge on any atom is -0.477 e. The van der Waals surface area contributed by atoms with Gasteiger partial charge in [-0.3, -0.25) is 4.79 Å². The zero-order chi connectivity index (χ0) is 15.1. The van der Waals surface area contributed by atoms with E-state index in [2.05, 4.69) is 0 Å². The molecule has 0 saturated carbocycles. The maximum Gasteiger partial charge on any atom is 0.345 e. The molecule has 0 bridgehead atoms. The average molecular weight is 318 g/mol. The summed E-state index contributed by atoms with van der Waals surface area (Å²) in [6, 6.07) is 0.279. The number of carboxylic acid groups (broad SMARTS) is 1. The van der Waals surface area contributed by atoms with Crippen molar-refractivity contribution in [3.05, 3.63) is 15.8 Å². The monoisotopic (exact) mass is 318 g/mol. The van der Waals surface area contributed by atoms with Gasteiger partial charge < -0.3 is 10.8 Å². The maximum absolute atomic E-state index is 12.5. The van der Waals surface area contributed by atoms with Gasteiger partial charge in [0.15, 0.2) is 0 Å². The summed E-state index contributed by atoms with van der Waals surface area (Å²) in [5, 5.41) is 8.92. The lowest BCUT2D eigenvalue weighted by Crippen LogP contribution is -2.43. The summed E-state index contributed by atoms with van der Waals surface area (Å²) < 4.78 is 26.1. The highest BCUT2D eigenvalue weighted by Gasteiger charge is 2.39. The van der Waals surface area contributed by atoms with E-state index >= 15 is 0 Å². The lowest BCUT2D eigenvalue weighted by Gasteiger charge is -2.21. The molecule has 9 heteroatoms. The van der Waals surface area contributed by atoms with E-state index in [9.17, 15) is 18.0 Å². The minimum absolute atomic E-state index is 0.0455. The first-order valence-electron chi connectivity index (χ1n) is 5.90. The summed E-state index contributed by atoms with van der Waals surface area (Å²) >= 11 is 0.896. The Morgan fingerprint density at radius 1 is 1.50 bits per heavy atom. The molecule has 3 N–H and O–H groups in total. The molecule has 2 heterocycles. The number of nitrogens with zero attached hydrogens (tertiary/aromatic N) is 1. The number of carbonyl (C=O) groups excluding carboxylic acids is 1. The molecule has 7 nitrogen and oxygen atoms in total. The van der Waals surface area contributed by atoms with Crippen molar-refractivity contribution in [2.75, 3.05) is 6.54 Å². The Bertz CT molecular complexity index is 664. The second-order valence-corrected chi connectivity index (χ2v) is 7.63. The predicted molar refractivity (Wildman–Crippen MR) is 72.1 cm³/mol. The molecule has 1 aromatic heterocycles. The highest BCUT2D eigenvalue weighted by Crippen LogP contribution is 2.32. The van der Waals surface area contributed by atoms with E-state index < -0.39 is 27.9 Å². The normalized spacial score (nSPS) is 20.1. The maximum atomic E-state index is 12.5. The van der Waals surface area contributed by atoms with E-state index in [1.807, 2.05) is 0 Å². The van der Waals surface area contributed by atoms with Crippen LogP contribution in [0, 0.1) is 6.92 Å². The van der Waals surface area contributed by atoms with E-state index in [0.29, 0.717) is 17.7 Å². The van der Waals surface area contributed by atoms with Crippen LogP contribution in [0.3, 0.4) is 0 Å². The third-order valence-electron chi connectivity index (χ3n) is 3.20. The third kappa shape index (κ3) is 2.43. The molecule has 0 aromatic carbocycles. The second-order valence-electron chi connectivity index (χ2n) is 4.51. The first kappa shape index (κ1) is 14.9. The first-order valence-corrected chi connectivity index (χ1v) is 8.15. The lowest BCUT2D eigenvalue weighted by molar-refractivity contribution is -0.121. The van der Waals surface area contributed by atoms with Gasteiger partial charge in [0.25, 0.3) is 0 Å². The largest absolute Gasteiger partial charge is 0.477 e. The molecular weight excluding hydrogens is 304 g/mol. The van der Waals surface area contributed by atoms with Gasteiger partial charge in [0, 0.05) is 11.4 Å². The first-order chi connectivity index (χ1) is 9.25. The molecule has 20 heavy (non-hydrogen) atoms. The summed E-state index contributed by atoms with van der Waals surface area (Å²) in [6.07, 6.45) is 0.950. The Morgan fingerprint density at radius 3 is 2.65 bits per heavy atom. The second kappa shape index (κ2) is 5.15. The molecule has 1 aliphatic heterocycles. The molecule has 0 spiro atoms. The van der Waals surface area contributed by atoms with Crippen molar-refractivity contribution >= 4 is 33.2 Å². The van der Waals surface area contributed by atoms with Crippen molar-refractivity contribution in [2.45, 2.75) is 30.7 Å². The van der Waals surface area contributed by atoms with Crippen LogP contribution in [0.1, 0.15) is 27.4 Å². The number of sulfonamides is 1. The minimum atomic E-state index is -3.90. The van der Waals surface area contributed by atoms with Crippen molar-refractivity contribution in [1.29, 1.82) is 0 Å². The molecular formula is C11H14N2O5S2. The zero-order valence-electron chi connectivity index (χ0n) is 10.7. The molecule has 0 radical (unpaired) electrons. The number of nitrogens with two attached hydrogens (primary N) is 1. The van der Waals surface area contributed by atoms with Crippen LogP contribution >= 0.6 is 11.3 Å². The number of amides is 1. The SMILES string of the molecule is Cc1sc(C(=O)O)cc1S(=O)(=O)N1CCCC1C(N)=O. The summed E-state index contributed by atoms with van der Waals surface area (Å²) in [7, 11) is -3.90. The summed E-state index contributed by atoms with van der Waals surface area (Å²) in [5.74, 6) is -1.86. The van der Waals surface area contributed by atoms with Crippen molar-refractivity contribution in [3.63, 3.8) is 0 Å². The number of carboxylic acids is 1. The van der Waals surface area contributed by atoms with Gasteiger partial charge in [0.1, 0.15) is 10.9 Å². The van der Waals surface area contributed by atoms with Crippen molar-refractivity contribution < 1.29 is 23.1 Å². The molecule has 2 rings (SSSR count). The van der Waals surface area contributed by atoms with Gasteiger partial charge in [0.05, 0.1) is 4.90 Å². The van der Waals surface area contributed by atoms with Crippen LogP contribution in [0.25, 0.3) is 0 Å². The number of carbonyl (C=O) groups is 2. The van der Waals surface area contributed by atoms with Crippen LogP contribution in [0.15, 0.2) is 11.0 Å². The van der Waals surface area contributed by atoms with Crippen molar-refractivity contribution in [2.24, 2.45) is 5.73 Å². The van der Waals surface area contributed by atoms with E-state index in [1.54, 1.807) is 6.92 Å². The standard InChI is InChI=1S/C11H14N2O5S2/c1-6-9(5-8(19-6)11(15)16)20(17,18)13-4-2-3-7(13)10(12)14/h5,7H,2-4H2,1H3,(H2,12,14)(H,15,16). The van der Waals surface area contributed by atoms with Crippen molar-refractivity contribution in [1.82, 2.24) is 4.31 Å². The molecule has 1 aliphatic rings. The fraction of sp³-hybridized carbons (Fsp3) is 0.455. The highest BCUT2D eigenvalue weighted by molar-refractivity contribution is 7.89.